The zero-order valence-electron chi connectivity index (χ0n) is 16.5. The molecule has 0 radical (unpaired) electrons. The first-order valence-electron chi connectivity index (χ1n) is 8.88. The summed E-state index contributed by atoms with van der Waals surface area (Å²) < 4.78 is 11.4. The number of halogens is 2. The van der Waals surface area contributed by atoms with E-state index in [4.69, 9.17) is 39.7 Å². The molecular formula is C22H16BrClN2O4S. The predicted octanol–water partition coefficient (Wildman–Crippen LogP) is 4.26. The molecule has 1 fully saturated rings. The molecule has 2 aromatic carbocycles. The van der Waals surface area contributed by atoms with Gasteiger partial charge in [0.2, 0.25) is 0 Å². The van der Waals surface area contributed by atoms with Gasteiger partial charge in [0.25, 0.3) is 11.8 Å². The Morgan fingerprint density at radius 3 is 2.71 bits per heavy atom. The average Bonchev–Trinajstić information content (AvgIpc) is 2.72. The average molecular weight is 520 g/mol. The molecule has 6 nitrogen and oxygen atoms in total. The third-order valence-electron chi connectivity index (χ3n) is 4.38. The van der Waals surface area contributed by atoms with Gasteiger partial charge >= 0.3 is 0 Å². The largest absolute Gasteiger partial charge is 0.493 e. The number of aryl methyl sites for hydroxylation is 1. The normalized spacial score (nSPS) is 15.0. The molecule has 0 unspecified atom stereocenters. The Morgan fingerprint density at radius 1 is 1.32 bits per heavy atom. The van der Waals surface area contributed by atoms with Crippen LogP contribution < -0.4 is 19.7 Å². The molecule has 2 amide bonds. The number of carbonyl (C=O) groups is 2. The third kappa shape index (κ3) is 4.74. The summed E-state index contributed by atoms with van der Waals surface area (Å²) in [7, 11) is 1.47. The Hall–Kier alpha value is -2.86. The molecule has 1 N–H and O–H groups in total. The van der Waals surface area contributed by atoms with Crippen molar-refractivity contribution < 1.29 is 19.1 Å². The molecule has 158 valence electrons. The van der Waals surface area contributed by atoms with E-state index in [0.29, 0.717) is 32.2 Å². The van der Waals surface area contributed by atoms with Crippen molar-refractivity contribution in [1.82, 2.24) is 5.32 Å². The Bertz CT molecular complexity index is 1170. The maximum Gasteiger partial charge on any atom is 0.270 e. The zero-order chi connectivity index (χ0) is 22.7. The van der Waals surface area contributed by atoms with E-state index < -0.39 is 11.8 Å². The molecule has 0 atom stereocenters. The standard InChI is InChI=1S/C22H16BrClN2O4S/c1-4-7-30-19-16(23)9-13(10-18(19)29-3)8-15-20(27)25-22(31)26(21(15)28)14-6-5-12(2)17(24)11-14/h1,5-6,8-11H,7H2,2-3H3,(H,25,27,31)/b15-8+. The van der Waals surface area contributed by atoms with Crippen molar-refractivity contribution in [2.45, 2.75) is 6.92 Å². The first kappa shape index (κ1) is 22.8. The first-order valence-corrected chi connectivity index (χ1v) is 10.5. The monoisotopic (exact) mass is 518 g/mol. The van der Waals surface area contributed by atoms with Crippen molar-refractivity contribution in [2.75, 3.05) is 18.6 Å². The molecule has 9 heteroatoms. The van der Waals surface area contributed by atoms with Gasteiger partial charge in [0, 0.05) is 5.02 Å². The lowest BCUT2D eigenvalue weighted by atomic mass is 10.1. The highest BCUT2D eigenvalue weighted by molar-refractivity contribution is 9.10. The Balaban J connectivity index is 2.03. The van der Waals surface area contributed by atoms with Gasteiger partial charge in [0.1, 0.15) is 12.2 Å². The minimum absolute atomic E-state index is 0.0242. The van der Waals surface area contributed by atoms with Crippen LogP contribution in [0.3, 0.4) is 0 Å². The summed E-state index contributed by atoms with van der Waals surface area (Å²) in [5.74, 6) is 2.01. The Morgan fingerprint density at radius 2 is 2.06 bits per heavy atom. The quantitative estimate of drug-likeness (QED) is 0.277. The molecule has 1 saturated heterocycles. The molecule has 0 aromatic heterocycles. The van der Waals surface area contributed by atoms with Crippen LogP contribution in [0.15, 0.2) is 40.4 Å². The number of hydrogen-bond donors (Lipinski definition) is 1. The molecule has 2 aromatic rings. The van der Waals surface area contributed by atoms with Crippen LogP contribution in [0.5, 0.6) is 11.5 Å². The topological polar surface area (TPSA) is 67.9 Å². The number of nitrogens with zero attached hydrogens (tertiary/aromatic N) is 1. The van der Waals surface area contributed by atoms with E-state index in [1.807, 2.05) is 6.92 Å². The second kappa shape index (κ2) is 9.52. The van der Waals surface area contributed by atoms with Crippen LogP contribution in [0.4, 0.5) is 5.69 Å². The maximum atomic E-state index is 13.2. The first-order chi connectivity index (χ1) is 14.8. The number of hydrogen-bond acceptors (Lipinski definition) is 5. The zero-order valence-corrected chi connectivity index (χ0v) is 19.7. The summed E-state index contributed by atoms with van der Waals surface area (Å²) in [6.45, 7) is 1.90. The second-order valence-electron chi connectivity index (χ2n) is 6.42. The minimum atomic E-state index is -0.604. The lowest BCUT2D eigenvalue weighted by Gasteiger charge is -2.29. The van der Waals surface area contributed by atoms with Crippen molar-refractivity contribution in [3.05, 3.63) is 56.5 Å². The van der Waals surface area contributed by atoms with Gasteiger partial charge in [0.05, 0.1) is 17.3 Å². The third-order valence-corrected chi connectivity index (χ3v) is 5.66. The number of benzene rings is 2. The number of methoxy groups -OCH3 is 1. The molecule has 31 heavy (non-hydrogen) atoms. The SMILES string of the molecule is C#CCOc1c(Br)cc(/C=C2\C(=O)NC(=S)N(c3ccc(C)c(Cl)c3)C2=O)cc1OC. The summed E-state index contributed by atoms with van der Waals surface area (Å²) in [5.41, 5.74) is 1.74. The fourth-order valence-corrected chi connectivity index (χ4v) is 3.89. The van der Waals surface area contributed by atoms with Gasteiger partial charge < -0.3 is 9.47 Å². The van der Waals surface area contributed by atoms with E-state index in [9.17, 15) is 9.59 Å². The highest BCUT2D eigenvalue weighted by Crippen LogP contribution is 2.37. The van der Waals surface area contributed by atoms with Crippen molar-refractivity contribution in [3.8, 4) is 23.8 Å². The van der Waals surface area contributed by atoms with Gasteiger partial charge in [-0.3, -0.25) is 19.8 Å². The Labute approximate surface area is 198 Å². The lowest BCUT2D eigenvalue weighted by Crippen LogP contribution is -2.54. The second-order valence-corrected chi connectivity index (χ2v) is 8.07. The summed E-state index contributed by atoms with van der Waals surface area (Å²) in [5, 5.41) is 3.00. The number of thiocarbonyl (C=S) groups is 1. The van der Waals surface area contributed by atoms with E-state index in [0.717, 1.165) is 5.56 Å². The van der Waals surface area contributed by atoms with E-state index in [-0.39, 0.29) is 17.3 Å². The van der Waals surface area contributed by atoms with Crippen LogP contribution >= 0.6 is 39.7 Å². The number of rotatable bonds is 5. The fraction of sp³-hybridized carbons (Fsp3) is 0.136. The van der Waals surface area contributed by atoms with Crippen LogP contribution in [0, 0.1) is 19.3 Å². The van der Waals surface area contributed by atoms with E-state index in [1.54, 1.807) is 30.3 Å². The minimum Gasteiger partial charge on any atom is -0.493 e. The van der Waals surface area contributed by atoms with Gasteiger partial charge in [-0.15, -0.1) is 6.42 Å². The van der Waals surface area contributed by atoms with Crippen molar-refractivity contribution in [1.29, 1.82) is 0 Å². The molecule has 0 aliphatic carbocycles. The van der Waals surface area contributed by atoms with E-state index in [2.05, 4.69) is 27.2 Å². The predicted molar refractivity (Wildman–Crippen MR) is 127 cm³/mol. The van der Waals surface area contributed by atoms with Gasteiger partial charge in [-0.25, -0.2) is 0 Å². The van der Waals surface area contributed by atoms with E-state index >= 15 is 0 Å². The molecule has 1 heterocycles. The van der Waals surface area contributed by atoms with Gasteiger partial charge in [-0.2, -0.15) is 0 Å². The molecule has 1 aliphatic rings. The molecule has 0 saturated carbocycles. The Kier molecular flexibility index (Phi) is 7.01. The van der Waals surface area contributed by atoms with E-state index in [1.165, 1.54) is 18.1 Å². The van der Waals surface area contributed by atoms with Crippen molar-refractivity contribution in [3.63, 3.8) is 0 Å². The summed E-state index contributed by atoms with van der Waals surface area (Å²) >= 11 is 14.8. The van der Waals surface area contributed by atoms with Crippen LogP contribution in [-0.2, 0) is 9.59 Å². The smallest absolute Gasteiger partial charge is 0.270 e. The number of nitrogens with one attached hydrogen (secondary N) is 1. The molecule has 0 spiro atoms. The highest BCUT2D eigenvalue weighted by atomic mass is 79.9. The van der Waals surface area contributed by atoms with Crippen molar-refractivity contribution in [2.24, 2.45) is 0 Å². The van der Waals surface area contributed by atoms with Gasteiger partial charge in [0.15, 0.2) is 16.6 Å². The maximum absolute atomic E-state index is 13.2. The van der Waals surface area contributed by atoms with Crippen LogP contribution in [-0.4, -0.2) is 30.6 Å². The summed E-state index contributed by atoms with van der Waals surface area (Å²) in [6.07, 6.45) is 6.69. The number of amides is 2. The lowest BCUT2D eigenvalue weighted by molar-refractivity contribution is -0.122. The number of ether oxygens (including phenoxy) is 2. The highest BCUT2D eigenvalue weighted by Gasteiger charge is 2.34. The molecule has 1 aliphatic heterocycles. The fourth-order valence-electron chi connectivity index (χ4n) is 2.86. The van der Waals surface area contributed by atoms with Crippen LogP contribution in [0.25, 0.3) is 6.08 Å². The van der Waals surface area contributed by atoms with Gasteiger partial charge in [-0.05, 0) is 76.5 Å². The number of anilines is 1. The molecule has 0 bridgehead atoms. The number of carbonyl (C=O) groups excluding carboxylic acids is 2. The molecule has 3 rings (SSSR count). The van der Waals surface area contributed by atoms with Crippen LogP contribution in [0.2, 0.25) is 5.02 Å². The summed E-state index contributed by atoms with van der Waals surface area (Å²) in [4.78, 5) is 26.9. The summed E-state index contributed by atoms with van der Waals surface area (Å²) in [6, 6.07) is 8.40. The van der Waals surface area contributed by atoms with Crippen LogP contribution in [0.1, 0.15) is 11.1 Å². The van der Waals surface area contributed by atoms with Crippen molar-refractivity contribution >= 4 is 68.4 Å². The van der Waals surface area contributed by atoms with Gasteiger partial charge in [-0.1, -0.05) is 23.6 Å². The number of terminal acetylenes is 1. The molecular weight excluding hydrogens is 504 g/mol.